The number of rotatable bonds is 8. The van der Waals surface area contributed by atoms with E-state index in [0.717, 1.165) is 12.8 Å². The lowest BCUT2D eigenvalue weighted by atomic mass is 10.1. The number of aromatic hydroxyl groups is 1. The normalized spacial score (nSPS) is 14.7. The molecule has 38 heavy (non-hydrogen) atoms. The van der Waals surface area contributed by atoms with Crippen LogP contribution in [0.5, 0.6) is 5.88 Å². The van der Waals surface area contributed by atoms with Gasteiger partial charge in [-0.15, -0.1) is 0 Å². The van der Waals surface area contributed by atoms with Gasteiger partial charge in [-0.05, 0) is 45.7 Å². The van der Waals surface area contributed by atoms with Gasteiger partial charge >= 0.3 is 0 Å². The molecule has 0 radical (unpaired) electrons. The van der Waals surface area contributed by atoms with E-state index in [0.29, 0.717) is 28.1 Å². The summed E-state index contributed by atoms with van der Waals surface area (Å²) in [5.41, 5.74) is 1.95. The molecule has 0 aliphatic heterocycles. The second-order valence-corrected chi connectivity index (χ2v) is 11.8. The summed E-state index contributed by atoms with van der Waals surface area (Å²) in [7, 11) is -3.36. The highest BCUT2D eigenvalue weighted by atomic mass is 32.2. The first-order valence-corrected chi connectivity index (χ1v) is 14.0. The number of sulfone groups is 1. The van der Waals surface area contributed by atoms with E-state index in [1.165, 1.54) is 29.4 Å². The Kier molecular flexibility index (Phi) is 6.55. The molecule has 4 heterocycles. The van der Waals surface area contributed by atoms with Crippen molar-refractivity contribution < 1.29 is 13.5 Å². The second-order valence-electron chi connectivity index (χ2n) is 9.55. The molecule has 0 aromatic carbocycles. The third kappa shape index (κ3) is 4.69. The van der Waals surface area contributed by atoms with E-state index in [1.807, 2.05) is 13.8 Å². The Morgan fingerprint density at radius 3 is 2.47 bits per heavy atom. The Morgan fingerprint density at radius 1 is 1.08 bits per heavy atom. The standard InChI is InChI=1S/C25H28N8O4S/c1-5-38(36,37)16-8-9-17(26-10-16)14(4)30-22-25(35)33(13(2)3)23-18(31-22)11-27-21(32-23)19-20(15-6-7-15)28-12-29-24(19)34/h8-15H,5-7H2,1-4H3,(H,30,31)(H,28,29,34)/t14-/m0/s1. The molecule has 1 fully saturated rings. The third-order valence-corrected chi connectivity index (χ3v) is 8.21. The van der Waals surface area contributed by atoms with Gasteiger partial charge < -0.3 is 10.4 Å². The Labute approximate surface area is 219 Å². The van der Waals surface area contributed by atoms with Crippen LogP contribution in [0, 0.1) is 0 Å². The van der Waals surface area contributed by atoms with Gasteiger partial charge in [0.15, 0.2) is 27.1 Å². The number of nitrogens with one attached hydrogen (secondary N) is 1. The average Bonchev–Trinajstić information content (AvgIpc) is 3.74. The summed E-state index contributed by atoms with van der Waals surface area (Å²) in [6.07, 6.45) is 6.09. The van der Waals surface area contributed by atoms with Crippen LogP contribution in [0.25, 0.3) is 22.6 Å². The van der Waals surface area contributed by atoms with Gasteiger partial charge in [-0.1, -0.05) is 6.92 Å². The van der Waals surface area contributed by atoms with Crippen LogP contribution in [-0.4, -0.2) is 53.7 Å². The summed E-state index contributed by atoms with van der Waals surface area (Å²) in [6.45, 7) is 7.11. The van der Waals surface area contributed by atoms with E-state index in [-0.39, 0.29) is 45.7 Å². The predicted molar refractivity (Wildman–Crippen MR) is 141 cm³/mol. The molecule has 0 spiro atoms. The van der Waals surface area contributed by atoms with Gasteiger partial charge in [0.05, 0.1) is 34.3 Å². The van der Waals surface area contributed by atoms with E-state index in [4.69, 9.17) is 0 Å². The minimum atomic E-state index is -3.36. The van der Waals surface area contributed by atoms with Gasteiger partial charge in [-0.25, -0.2) is 33.3 Å². The fraction of sp³-hybridized carbons (Fsp3) is 0.400. The topological polar surface area (TPSA) is 166 Å². The number of anilines is 1. The van der Waals surface area contributed by atoms with E-state index in [2.05, 4.69) is 35.2 Å². The fourth-order valence-electron chi connectivity index (χ4n) is 4.24. The van der Waals surface area contributed by atoms with Gasteiger partial charge in [0.1, 0.15) is 17.4 Å². The molecule has 2 N–H and O–H groups in total. The average molecular weight is 537 g/mol. The largest absolute Gasteiger partial charge is 0.493 e. The Hall–Kier alpha value is -4.00. The van der Waals surface area contributed by atoms with Crippen molar-refractivity contribution in [3.63, 3.8) is 0 Å². The highest BCUT2D eigenvalue weighted by molar-refractivity contribution is 7.91. The summed E-state index contributed by atoms with van der Waals surface area (Å²) < 4.78 is 25.7. The van der Waals surface area contributed by atoms with Crippen molar-refractivity contribution in [1.29, 1.82) is 0 Å². The van der Waals surface area contributed by atoms with E-state index >= 15 is 0 Å². The van der Waals surface area contributed by atoms with Crippen LogP contribution in [0.4, 0.5) is 5.82 Å². The second kappa shape index (κ2) is 9.71. The molecule has 198 valence electrons. The molecule has 5 rings (SSSR count). The van der Waals surface area contributed by atoms with Crippen molar-refractivity contribution in [2.45, 2.75) is 63.4 Å². The van der Waals surface area contributed by atoms with Crippen molar-refractivity contribution >= 4 is 26.8 Å². The Bertz CT molecular complexity index is 1680. The zero-order valence-corrected chi connectivity index (χ0v) is 22.3. The van der Waals surface area contributed by atoms with Crippen LogP contribution >= 0.6 is 0 Å². The van der Waals surface area contributed by atoms with Crippen LogP contribution in [0.15, 0.2) is 40.5 Å². The van der Waals surface area contributed by atoms with Gasteiger partial charge in [0.2, 0.25) is 5.88 Å². The summed E-state index contributed by atoms with van der Waals surface area (Å²) in [5, 5.41) is 13.6. The van der Waals surface area contributed by atoms with E-state index < -0.39 is 15.9 Å². The molecule has 1 aliphatic carbocycles. The summed E-state index contributed by atoms with van der Waals surface area (Å²) in [5.74, 6) is 0.326. The van der Waals surface area contributed by atoms with Gasteiger partial charge in [0.25, 0.3) is 5.56 Å². The Morgan fingerprint density at radius 2 is 1.84 bits per heavy atom. The highest BCUT2D eigenvalue weighted by Crippen LogP contribution is 2.44. The number of hydrogen-bond donors (Lipinski definition) is 2. The molecule has 0 bridgehead atoms. The first-order valence-electron chi connectivity index (χ1n) is 12.4. The van der Waals surface area contributed by atoms with Crippen molar-refractivity contribution in [3.8, 4) is 17.3 Å². The van der Waals surface area contributed by atoms with E-state index in [9.17, 15) is 18.3 Å². The molecule has 4 aromatic heterocycles. The van der Waals surface area contributed by atoms with Crippen LogP contribution in [0.3, 0.4) is 0 Å². The molecule has 1 saturated carbocycles. The lowest BCUT2D eigenvalue weighted by molar-refractivity contribution is 0.452. The van der Waals surface area contributed by atoms with Crippen LogP contribution in [0.2, 0.25) is 0 Å². The zero-order chi connectivity index (χ0) is 27.2. The molecule has 0 amide bonds. The molecule has 0 unspecified atom stereocenters. The molecule has 1 aliphatic rings. The van der Waals surface area contributed by atoms with Gasteiger partial charge in [0, 0.05) is 18.2 Å². The quantitative estimate of drug-likeness (QED) is 0.339. The van der Waals surface area contributed by atoms with Gasteiger partial charge in [-0.2, -0.15) is 0 Å². The molecule has 4 aromatic rings. The van der Waals surface area contributed by atoms with Gasteiger partial charge in [-0.3, -0.25) is 14.3 Å². The molecule has 12 nitrogen and oxygen atoms in total. The number of hydrogen-bond acceptors (Lipinski definition) is 11. The summed E-state index contributed by atoms with van der Waals surface area (Å²) in [6, 6.07) is 2.43. The maximum absolute atomic E-state index is 13.5. The maximum Gasteiger partial charge on any atom is 0.295 e. The number of nitrogens with zero attached hydrogens (tertiary/aromatic N) is 7. The fourth-order valence-corrected chi connectivity index (χ4v) is 5.06. The maximum atomic E-state index is 13.5. The Balaban J connectivity index is 1.54. The van der Waals surface area contributed by atoms with Crippen LogP contribution < -0.4 is 10.9 Å². The number of pyridine rings is 1. The molecule has 1 atom stereocenters. The molecular weight excluding hydrogens is 508 g/mol. The van der Waals surface area contributed by atoms with Crippen molar-refractivity contribution in [2.75, 3.05) is 11.1 Å². The predicted octanol–water partition coefficient (Wildman–Crippen LogP) is 3.17. The number of fused-ring (bicyclic) bond motifs is 1. The SMILES string of the molecule is CCS(=O)(=O)c1ccc([C@H](C)Nc2nc3cnc(-c4c(O)ncnc4C4CC4)nc3n(C(C)C)c2=O)nc1. The van der Waals surface area contributed by atoms with Crippen molar-refractivity contribution in [3.05, 3.63) is 52.6 Å². The van der Waals surface area contributed by atoms with Crippen LogP contribution in [-0.2, 0) is 9.84 Å². The minimum absolute atomic E-state index is 0.0137. The molecule has 13 heteroatoms. The lowest BCUT2D eigenvalue weighted by Crippen LogP contribution is -2.28. The first kappa shape index (κ1) is 25.6. The molecule has 0 saturated heterocycles. The monoisotopic (exact) mass is 536 g/mol. The lowest BCUT2D eigenvalue weighted by Gasteiger charge is -2.18. The highest BCUT2D eigenvalue weighted by Gasteiger charge is 2.31. The molecular formula is C25H28N8O4S. The first-order chi connectivity index (χ1) is 18.1. The van der Waals surface area contributed by atoms with Crippen molar-refractivity contribution in [1.82, 2.24) is 34.5 Å². The minimum Gasteiger partial charge on any atom is -0.493 e. The summed E-state index contributed by atoms with van der Waals surface area (Å²) in [4.78, 5) is 39.8. The zero-order valence-electron chi connectivity index (χ0n) is 21.5. The van der Waals surface area contributed by atoms with Crippen molar-refractivity contribution in [2.24, 2.45) is 0 Å². The summed E-state index contributed by atoms with van der Waals surface area (Å²) >= 11 is 0. The third-order valence-electron chi connectivity index (χ3n) is 6.49. The smallest absolute Gasteiger partial charge is 0.295 e. The number of aromatic nitrogens is 7. The van der Waals surface area contributed by atoms with Crippen LogP contribution in [0.1, 0.15) is 69.9 Å². The van der Waals surface area contributed by atoms with E-state index in [1.54, 1.807) is 19.9 Å².